The minimum atomic E-state index is -4.84. The molecule has 0 bridgehead atoms. The lowest BCUT2D eigenvalue weighted by atomic mass is 9.78. The molecule has 0 aromatic heterocycles. The number of benzene rings is 1. The second-order valence-electron chi connectivity index (χ2n) is 8.00. The van der Waals surface area contributed by atoms with Crippen LogP contribution in [0.5, 0.6) is 0 Å². The first-order valence-corrected chi connectivity index (χ1v) is 10.2. The minimum Gasteiger partial charge on any atom is -0.465 e. The van der Waals surface area contributed by atoms with E-state index in [2.05, 4.69) is 0 Å². The summed E-state index contributed by atoms with van der Waals surface area (Å²) >= 11 is 5.88. The normalized spacial score (nSPS) is 12.3. The van der Waals surface area contributed by atoms with Crippen molar-refractivity contribution in [3.05, 3.63) is 28.3 Å². The number of esters is 3. The predicted molar refractivity (Wildman–Crippen MR) is 111 cm³/mol. The number of nitrogens with two attached hydrogens (primary N) is 1. The third-order valence-electron chi connectivity index (χ3n) is 4.20. The fraction of sp³-hybridized carbons (Fsp3) is 0.571. The van der Waals surface area contributed by atoms with Crippen molar-refractivity contribution in [2.45, 2.75) is 59.2 Å². The molecule has 0 saturated carbocycles. The fourth-order valence-electron chi connectivity index (χ4n) is 2.96. The molecule has 0 unspecified atom stereocenters. The van der Waals surface area contributed by atoms with Crippen molar-refractivity contribution in [3.63, 3.8) is 0 Å². The number of alkyl halides is 3. The third-order valence-corrected chi connectivity index (χ3v) is 4.51. The molecule has 1 rings (SSSR count). The van der Waals surface area contributed by atoms with Gasteiger partial charge >= 0.3 is 24.1 Å². The highest BCUT2D eigenvalue weighted by molar-refractivity contribution is 6.33. The summed E-state index contributed by atoms with van der Waals surface area (Å²) in [5.41, 5.74) is 0.114. The fourth-order valence-corrected chi connectivity index (χ4v) is 3.20. The number of carbonyl (C=O) groups excluding carboxylic acids is 3. The second kappa shape index (κ2) is 10.4. The first-order chi connectivity index (χ1) is 14.6. The number of carbonyl (C=O) groups is 3. The highest BCUT2D eigenvalue weighted by Gasteiger charge is 2.52. The summed E-state index contributed by atoms with van der Waals surface area (Å²) in [6.07, 6.45) is -6.32. The van der Waals surface area contributed by atoms with E-state index in [9.17, 15) is 27.6 Å². The Labute approximate surface area is 189 Å². The summed E-state index contributed by atoms with van der Waals surface area (Å²) in [5, 5.41) is -0.422. The van der Waals surface area contributed by atoms with E-state index < -0.39 is 64.2 Å². The van der Waals surface area contributed by atoms with Gasteiger partial charge in [-0.15, -0.1) is 0 Å². The maximum Gasteiger partial charge on any atom is 0.418 e. The Morgan fingerprint density at radius 3 is 1.91 bits per heavy atom. The van der Waals surface area contributed by atoms with Crippen molar-refractivity contribution in [2.75, 3.05) is 18.9 Å². The van der Waals surface area contributed by atoms with Crippen molar-refractivity contribution < 1.29 is 41.8 Å². The van der Waals surface area contributed by atoms with Gasteiger partial charge in [-0.05, 0) is 58.7 Å². The number of rotatable bonds is 8. The van der Waals surface area contributed by atoms with Crippen LogP contribution in [0.25, 0.3) is 0 Å². The van der Waals surface area contributed by atoms with Gasteiger partial charge in [-0.1, -0.05) is 11.6 Å². The molecule has 11 heteroatoms. The molecular weight excluding hydrogens is 455 g/mol. The first kappa shape index (κ1) is 27.5. The Morgan fingerprint density at radius 2 is 1.50 bits per heavy atom. The van der Waals surface area contributed by atoms with Crippen molar-refractivity contribution in [1.29, 1.82) is 0 Å². The predicted octanol–water partition coefficient (Wildman–Crippen LogP) is 4.33. The largest absolute Gasteiger partial charge is 0.465 e. The van der Waals surface area contributed by atoms with Gasteiger partial charge in [0.05, 0.1) is 35.9 Å². The molecule has 1 aromatic rings. The molecule has 32 heavy (non-hydrogen) atoms. The van der Waals surface area contributed by atoms with Crippen LogP contribution in [-0.4, -0.2) is 36.7 Å². The average Bonchev–Trinajstić information content (AvgIpc) is 2.61. The van der Waals surface area contributed by atoms with Gasteiger partial charge in [0.25, 0.3) is 0 Å². The molecule has 0 atom stereocenters. The molecule has 2 N–H and O–H groups in total. The molecule has 0 amide bonds. The quantitative estimate of drug-likeness (QED) is 0.255. The van der Waals surface area contributed by atoms with Gasteiger partial charge in [0.1, 0.15) is 5.60 Å². The zero-order chi connectivity index (χ0) is 24.9. The van der Waals surface area contributed by atoms with E-state index in [-0.39, 0.29) is 18.8 Å². The monoisotopic (exact) mass is 481 g/mol. The summed E-state index contributed by atoms with van der Waals surface area (Å²) in [4.78, 5) is 38.4. The topological polar surface area (TPSA) is 105 Å². The molecule has 7 nitrogen and oxygen atoms in total. The number of hydrogen-bond acceptors (Lipinski definition) is 7. The number of anilines is 1. The lowest BCUT2D eigenvalue weighted by Crippen LogP contribution is -2.46. The van der Waals surface area contributed by atoms with Crippen molar-refractivity contribution in [1.82, 2.24) is 0 Å². The molecule has 0 aliphatic rings. The molecule has 0 radical (unpaired) electrons. The zero-order valence-corrected chi connectivity index (χ0v) is 19.3. The van der Waals surface area contributed by atoms with E-state index in [1.54, 1.807) is 20.8 Å². The summed E-state index contributed by atoms with van der Waals surface area (Å²) in [5.74, 6) is -3.20. The summed E-state index contributed by atoms with van der Waals surface area (Å²) in [6.45, 7) is 7.39. The van der Waals surface area contributed by atoms with Gasteiger partial charge in [0, 0.05) is 0 Å². The van der Waals surface area contributed by atoms with Gasteiger partial charge in [-0.25, -0.2) is 0 Å². The summed E-state index contributed by atoms with van der Waals surface area (Å²) in [7, 11) is 0. The highest BCUT2D eigenvalue weighted by atomic mass is 35.5. The maximum absolute atomic E-state index is 13.4. The van der Waals surface area contributed by atoms with Gasteiger partial charge in [0.2, 0.25) is 0 Å². The van der Waals surface area contributed by atoms with Gasteiger partial charge in [-0.2, -0.15) is 13.2 Å². The number of nitrogen functional groups attached to an aromatic ring is 1. The molecule has 0 aliphatic heterocycles. The van der Waals surface area contributed by atoms with Crippen LogP contribution in [0.3, 0.4) is 0 Å². The van der Waals surface area contributed by atoms with Gasteiger partial charge in [0.15, 0.2) is 5.41 Å². The van der Waals surface area contributed by atoms with E-state index in [4.69, 9.17) is 31.5 Å². The van der Waals surface area contributed by atoms with Crippen LogP contribution < -0.4 is 5.73 Å². The number of ether oxygens (including phenoxy) is 3. The third kappa shape index (κ3) is 7.01. The van der Waals surface area contributed by atoms with Crippen molar-refractivity contribution in [3.8, 4) is 0 Å². The van der Waals surface area contributed by atoms with Gasteiger partial charge in [-0.3, -0.25) is 14.4 Å². The number of halogens is 4. The smallest absolute Gasteiger partial charge is 0.418 e. The molecule has 0 saturated heterocycles. The summed E-state index contributed by atoms with van der Waals surface area (Å²) < 4.78 is 55.4. The molecule has 1 aromatic carbocycles. The van der Waals surface area contributed by atoms with E-state index in [0.717, 1.165) is 6.07 Å². The van der Waals surface area contributed by atoms with Crippen molar-refractivity contribution >= 4 is 35.2 Å². The molecule has 0 spiro atoms. The molecule has 0 heterocycles. The van der Waals surface area contributed by atoms with E-state index >= 15 is 0 Å². The van der Waals surface area contributed by atoms with E-state index in [1.165, 1.54) is 13.8 Å². The molecule has 180 valence electrons. The number of hydrogen-bond donors (Lipinski definition) is 1. The summed E-state index contributed by atoms with van der Waals surface area (Å²) in [6, 6.07) is 1.76. The molecule has 0 aliphatic carbocycles. The van der Waals surface area contributed by atoms with Crippen LogP contribution in [0.1, 0.15) is 52.2 Å². The highest BCUT2D eigenvalue weighted by Crippen LogP contribution is 2.40. The van der Waals surface area contributed by atoms with Crippen molar-refractivity contribution in [2.24, 2.45) is 5.41 Å². The van der Waals surface area contributed by atoms with Crippen LogP contribution in [0.15, 0.2) is 12.1 Å². The Kier molecular flexibility index (Phi) is 8.97. The lowest BCUT2D eigenvalue weighted by Gasteiger charge is -2.30. The van der Waals surface area contributed by atoms with E-state index in [0.29, 0.717) is 6.07 Å². The van der Waals surface area contributed by atoms with Crippen LogP contribution >= 0.6 is 11.6 Å². The molecule has 0 fully saturated rings. The van der Waals surface area contributed by atoms with Crippen LogP contribution in [-0.2, 0) is 41.2 Å². The van der Waals surface area contributed by atoms with Crippen LogP contribution in [0.2, 0.25) is 5.02 Å². The average molecular weight is 482 g/mol. The maximum atomic E-state index is 13.4. The second-order valence-corrected chi connectivity index (χ2v) is 8.41. The van der Waals surface area contributed by atoms with E-state index in [1.807, 2.05) is 0 Å². The standard InChI is InChI=1S/C21H27ClF3NO6/c1-6-30-17(28)20(18(29)31-7-2,11-15(27)32-19(3,4)5)10-12-8-13(21(23,24)25)16(26)14(22)9-12/h8-9H,6-7,10-11,26H2,1-5H3. The van der Waals surface area contributed by atoms with Gasteiger partial charge < -0.3 is 19.9 Å². The Bertz CT molecular complexity index is 846. The minimum absolute atomic E-state index is 0.148. The lowest BCUT2D eigenvalue weighted by molar-refractivity contribution is -0.179. The van der Waals surface area contributed by atoms with Crippen LogP contribution in [0.4, 0.5) is 18.9 Å². The Hall–Kier alpha value is -2.49. The Balaban J connectivity index is 3.63. The first-order valence-electron chi connectivity index (χ1n) is 9.78. The SMILES string of the molecule is CCOC(=O)C(CC(=O)OC(C)(C)C)(Cc1cc(Cl)c(N)c(C(F)(F)F)c1)C(=O)OCC. The van der Waals surface area contributed by atoms with Crippen LogP contribution in [0, 0.1) is 5.41 Å². The zero-order valence-electron chi connectivity index (χ0n) is 18.5. The Morgan fingerprint density at radius 1 is 1.00 bits per heavy atom. The molecular formula is C21H27ClF3NO6.